The highest BCUT2D eigenvalue weighted by molar-refractivity contribution is 4.87. The molecule has 0 aromatic carbocycles. The van der Waals surface area contributed by atoms with Gasteiger partial charge in [0.15, 0.2) is 5.79 Å². The summed E-state index contributed by atoms with van der Waals surface area (Å²) in [6.07, 6.45) is 0. The van der Waals surface area contributed by atoms with Gasteiger partial charge in [0.2, 0.25) is 0 Å². The second-order valence-corrected chi connectivity index (χ2v) is 6.51. The van der Waals surface area contributed by atoms with Crippen molar-refractivity contribution in [1.29, 1.82) is 0 Å². The third-order valence-electron chi connectivity index (χ3n) is 3.95. The first kappa shape index (κ1) is 15.2. The SMILES string of the molecule is CC1(C)OCC(NCC(C)(C)N2CCOCC2)CO1. The predicted octanol–water partition coefficient (Wildman–Crippen LogP) is 0.838. The van der Waals surface area contributed by atoms with Crippen molar-refractivity contribution in [2.75, 3.05) is 46.1 Å². The molecular weight excluding hydrogens is 244 g/mol. The lowest BCUT2D eigenvalue weighted by Gasteiger charge is -2.42. The molecule has 0 atom stereocenters. The van der Waals surface area contributed by atoms with Crippen molar-refractivity contribution >= 4 is 0 Å². The van der Waals surface area contributed by atoms with Gasteiger partial charge in [-0.05, 0) is 27.7 Å². The van der Waals surface area contributed by atoms with Crippen molar-refractivity contribution in [3.8, 4) is 0 Å². The Labute approximate surface area is 116 Å². The average Bonchev–Trinajstić information content (AvgIpc) is 2.39. The third-order valence-corrected chi connectivity index (χ3v) is 3.95. The van der Waals surface area contributed by atoms with E-state index >= 15 is 0 Å². The van der Waals surface area contributed by atoms with Crippen molar-refractivity contribution in [2.24, 2.45) is 0 Å². The van der Waals surface area contributed by atoms with Gasteiger partial charge >= 0.3 is 0 Å². The molecule has 2 saturated heterocycles. The van der Waals surface area contributed by atoms with E-state index in [1.165, 1.54) is 0 Å². The second-order valence-electron chi connectivity index (χ2n) is 6.51. The lowest BCUT2D eigenvalue weighted by Crippen LogP contribution is -2.58. The Kier molecular flexibility index (Phi) is 4.84. The number of hydrogen-bond acceptors (Lipinski definition) is 5. The fraction of sp³-hybridized carbons (Fsp3) is 1.00. The molecule has 0 saturated carbocycles. The zero-order valence-electron chi connectivity index (χ0n) is 12.7. The van der Waals surface area contributed by atoms with Gasteiger partial charge in [-0.3, -0.25) is 4.90 Å². The van der Waals surface area contributed by atoms with Gasteiger partial charge in [0.1, 0.15) is 0 Å². The van der Waals surface area contributed by atoms with E-state index in [1.54, 1.807) is 0 Å². The van der Waals surface area contributed by atoms with Gasteiger partial charge in [-0.15, -0.1) is 0 Å². The lowest BCUT2D eigenvalue weighted by molar-refractivity contribution is -0.253. The van der Waals surface area contributed by atoms with Crippen LogP contribution in [0.4, 0.5) is 0 Å². The molecule has 19 heavy (non-hydrogen) atoms. The van der Waals surface area contributed by atoms with Crippen LogP contribution >= 0.6 is 0 Å². The minimum atomic E-state index is -0.433. The van der Waals surface area contributed by atoms with Gasteiger partial charge < -0.3 is 19.5 Å². The Morgan fingerprint density at radius 3 is 2.32 bits per heavy atom. The van der Waals surface area contributed by atoms with Gasteiger partial charge in [0.25, 0.3) is 0 Å². The predicted molar refractivity (Wildman–Crippen MR) is 74.2 cm³/mol. The third kappa shape index (κ3) is 4.39. The molecule has 112 valence electrons. The summed E-state index contributed by atoms with van der Waals surface area (Å²) in [5.74, 6) is -0.433. The fourth-order valence-corrected chi connectivity index (χ4v) is 2.48. The molecule has 0 unspecified atom stereocenters. The smallest absolute Gasteiger partial charge is 0.162 e. The van der Waals surface area contributed by atoms with E-state index in [4.69, 9.17) is 14.2 Å². The van der Waals surface area contributed by atoms with Crippen LogP contribution in [-0.2, 0) is 14.2 Å². The molecule has 0 aromatic rings. The zero-order valence-corrected chi connectivity index (χ0v) is 12.7. The molecule has 2 fully saturated rings. The highest BCUT2D eigenvalue weighted by Gasteiger charge is 2.31. The summed E-state index contributed by atoms with van der Waals surface area (Å²) in [7, 11) is 0. The Bertz CT molecular complexity index is 278. The Balaban J connectivity index is 1.75. The number of ether oxygens (including phenoxy) is 3. The van der Waals surface area contributed by atoms with E-state index in [2.05, 4.69) is 24.1 Å². The first-order chi connectivity index (χ1) is 8.89. The van der Waals surface area contributed by atoms with Gasteiger partial charge in [-0.2, -0.15) is 0 Å². The van der Waals surface area contributed by atoms with Crippen LogP contribution in [0, 0.1) is 0 Å². The standard InChI is InChI=1S/C14H28N2O3/c1-13(2,16-5-7-17-8-6-16)11-15-12-9-18-14(3,4)19-10-12/h12,15H,5-11H2,1-4H3. The number of hydrogen-bond donors (Lipinski definition) is 1. The summed E-state index contributed by atoms with van der Waals surface area (Å²) < 4.78 is 16.8. The van der Waals surface area contributed by atoms with Crippen LogP contribution in [-0.4, -0.2) is 68.3 Å². The maximum atomic E-state index is 5.67. The minimum absolute atomic E-state index is 0.136. The highest BCUT2D eigenvalue weighted by atomic mass is 16.7. The molecule has 0 spiro atoms. The Hall–Kier alpha value is -0.200. The van der Waals surface area contributed by atoms with Crippen molar-refractivity contribution < 1.29 is 14.2 Å². The average molecular weight is 272 g/mol. The molecule has 5 heteroatoms. The van der Waals surface area contributed by atoms with Crippen molar-refractivity contribution in [3.63, 3.8) is 0 Å². The first-order valence-corrected chi connectivity index (χ1v) is 7.23. The zero-order chi connectivity index (χ0) is 13.9. The molecular formula is C14H28N2O3. The van der Waals surface area contributed by atoms with Crippen LogP contribution in [0.1, 0.15) is 27.7 Å². The van der Waals surface area contributed by atoms with Crippen LogP contribution in [0.15, 0.2) is 0 Å². The Morgan fingerprint density at radius 2 is 1.74 bits per heavy atom. The number of nitrogens with one attached hydrogen (secondary N) is 1. The van der Waals surface area contributed by atoms with Gasteiger partial charge in [0, 0.05) is 25.2 Å². The van der Waals surface area contributed by atoms with E-state index in [-0.39, 0.29) is 11.6 Å². The topological polar surface area (TPSA) is 43.0 Å². The number of nitrogens with zero attached hydrogens (tertiary/aromatic N) is 1. The molecule has 0 aliphatic carbocycles. The van der Waals surface area contributed by atoms with E-state index in [9.17, 15) is 0 Å². The molecule has 0 bridgehead atoms. The van der Waals surface area contributed by atoms with Crippen molar-refractivity contribution in [1.82, 2.24) is 10.2 Å². The Morgan fingerprint density at radius 1 is 1.16 bits per heavy atom. The number of rotatable bonds is 4. The summed E-state index contributed by atoms with van der Waals surface area (Å²) in [5, 5.41) is 3.56. The maximum absolute atomic E-state index is 5.67. The highest BCUT2D eigenvalue weighted by Crippen LogP contribution is 2.19. The summed E-state index contributed by atoms with van der Waals surface area (Å²) in [5.41, 5.74) is 0.136. The molecule has 0 aromatic heterocycles. The molecule has 2 aliphatic rings. The molecule has 2 rings (SSSR count). The monoisotopic (exact) mass is 272 g/mol. The second kappa shape index (κ2) is 6.06. The molecule has 2 aliphatic heterocycles. The largest absolute Gasteiger partial charge is 0.379 e. The van der Waals surface area contributed by atoms with E-state index in [1.807, 2.05) is 13.8 Å². The van der Waals surface area contributed by atoms with Gasteiger partial charge in [-0.25, -0.2) is 0 Å². The summed E-state index contributed by atoms with van der Waals surface area (Å²) >= 11 is 0. The maximum Gasteiger partial charge on any atom is 0.162 e. The molecule has 0 amide bonds. The summed E-state index contributed by atoms with van der Waals surface area (Å²) in [6.45, 7) is 14.5. The normalized spacial score (nSPS) is 26.5. The molecule has 2 heterocycles. The summed E-state index contributed by atoms with van der Waals surface area (Å²) in [6, 6.07) is 0.286. The first-order valence-electron chi connectivity index (χ1n) is 7.23. The van der Waals surface area contributed by atoms with Crippen LogP contribution in [0.25, 0.3) is 0 Å². The lowest BCUT2D eigenvalue weighted by atomic mass is 10.0. The van der Waals surface area contributed by atoms with Crippen LogP contribution < -0.4 is 5.32 Å². The van der Waals surface area contributed by atoms with E-state index < -0.39 is 5.79 Å². The molecule has 5 nitrogen and oxygen atoms in total. The molecule has 1 N–H and O–H groups in total. The van der Waals surface area contributed by atoms with Crippen molar-refractivity contribution in [3.05, 3.63) is 0 Å². The van der Waals surface area contributed by atoms with Crippen LogP contribution in [0.5, 0.6) is 0 Å². The van der Waals surface area contributed by atoms with Crippen molar-refractivity contribution in [2.45, 2.75) is 45.1 Å². The van der Waals surface area contributed by atoms with Crippen LogP contribution in [0.2, 0.25) is 0 Å². The van der Waals surface area contributed by atoms with Gasteiger partial charge in [0.05, 0.1) is 32.5 Å². The number of morpholine rings is 1. The minimum Gasteiger partial charge on any atom is -0.379 e. The quantitative estimate of drug-likeness (QED) is 0.821. The van der Waals surface area contributed by atoms with Crippen LogP contribution in [0.3, 0.4) is 0 Å². The summed E-state index contributed by atoms with van der Waals surface area (Å²) in [4.78, 5) is 2.48. The van der Waals surface area contributed by atoms with Gasteiger partial charge in [-0.1, -0.05) is 0 Å². The molecule has 0 radical (unpaired) electrons. The van der Waals surface area contributed by atoms with E-state index in [0.29, 0.717) is 13.2 Å². The van der Waals surface area contributed by atoms with E-state index in [0.717, 1.165) is 32.8 Å². The fourth-order valence-electron chi connectivity index (χ4n) is 2.48.